The number of fused-ring (bicyclic) bond motifs is 2. The second-order valence-electron chi connectivity index (χ2n) is 12.9. The first kappa shape index (κ1) is 35.2. The van der Waals surface area contributed by atoms with Crippen LogP contribution in [0.3, 0.4) is 0 Å². The molecule has 12 heteroatoms. The van der Waals surface area contributed by atoms with Crippen LogP contribution in [-0.4, -0.2) is 93.5 Å². The number of benzene rings is 1. The monoisotopic (exact) mass is 641 g/mol. The number of hydrogen-bond donors (Lipinski definition) is 5. The summed E-state index contributed by atoms with van der Waals surface area (Å²) in [6.07, 6.45) is 5.58. The summed E-state index contributed by atoms with van der Waals surface area (Å²) in [4.78, 5) is 62.8. The van der Waals surface area contributed by atoms with Gasteiger partial charge in [0.15, 0.2) is 0 Å². The molecular formula is C34H51N5O7. The minimum atomic E-state index is -1.03. The molecule has 3 unspecified atom stereocenters. The molecule has 7 atom stereocenters. The Morgan fingerprint density at radius 1 is 0.935 bits per heavy atom. The largest absolute Gasteiger partial charge is 0.417 e. The molecule has 2 aliphatic heterocycles. The van der Waals surface area contributed by atoms with Crippen LogP contribution in [0.15, 0.2) is 30.5 Å². The third-order valence-corrected chi connectivity index (χ3v) is 9.56. The van der Waals surface area contributed by atoms with Gasteiger partial charge in [0, 0.05) is 24.5 Å². The lowest BCUT2D eigenvalue weighted by atomic mass is 9.93. The van der Waals surface area contributed by atoms with E-state index >= 15 is 0 Å². The van der Waals surface area contributed by atoms with Crippen molar-refractivity contribution in [1.29, 1.82) is 0 Å². The highest BCUT2D eigenvalue weighted by atomic mass is 16.6. The predicted octanol–water partition coefficient (Wildman–Crippen LogP) is 1.83. The number of nitrogens with zero attached hydrogens (tertiary/aromatic N) is 2. The number of piperidine rings is 1. The van der Waals surface area contributed by atoms with E-state index in [1.165, 1.54) is 0 Å². The number of nitrogens with one attached hydrogen (secondary N) is 3. The van der Waals surface area contributed by atoms with Crippen molar-refractivity contribution in [3.8, 4) is 0 Å². The number of aromatic nitrogens is 1. The Hall–Kier alpha value is -3.64. The molecule has 0 radical (unpaired) electrons. The van der Waals surface area contributed by atoms with Gasteiger partial charge in [-0.3, -0.25) is 19.2 Å². The number of carbonyl (C=O) groups is 4. The molecule has 1 aromatic carbocycles. The van der Waals surface area contributed by atoms with E-state index in [0.29, 0.717) is 51.5 Å². The molecule has 4 rings (SSSR count). The number of aliphatic hydroxyl groups excluding tert-OH is 2. The molecule has 5 N–H and O–H groups in total. The van der Waals surface area contributed by atoms with Gasteiger partial charge < -0.3 is 35.9 Å². The molecule has 3 heterocycles. The lowest BCUT2D eigenvalue weighted by Crippen LogP contribution is -2.64. The van der Waals surface area contributed by atoms with Crippen LogP contribution in [0.25, 0.3) is 10.9 Å². The number of aliphatic hydroxyl groups is 2. The third kappa shape index (κ3) is 8.38. The molecule has 0 bridgehead atoms. The average Bonchev–Trinajstić information content (AvgIpc) is 3.41. The highest BCUT2D eigenvalue weighted by Crippen LogP contribution is 2.24. The Bertz CT molecular complexity index is 1360. The first-order chi connectivity index (χ1) is 22.0. The van der Waals surface area contributed by atoms with Crippen molar-refractivity contribution in [2.75, 3.05) is 13.7 Å². The SMILES string of the molecule is CCC(C)[C@H]1NC(=O)[C@@H](Cc2cn(OC)c3ccccc23)NC(=O)[C@@H](CCCCCC(O)C(C)O)NC(=O)[C@H]2CCCCN2C1=O. The normalized spacial score (nSPS) is 25.0. The van der Waals surface area contributed by atoms with E-state index in [9.17, 15) is 29.4 Å². The quantitative estimate of drug-likeness (QED) is 0.221. The van der Waals surface area contributed by atoms with Crippen molar-refractivity contribution >= 4 is 34.5 Å². The molecule has 46 heavy (non-hydrogen) atoms. The fourth-order valence-electron chi connectivity index (χ4n) is 6.47. The Morgan fingerprint density at radius 2 is 1.65 bits per heavy atom. The van der Waals surface area contributed by atoms with Gasteiger partial charge in [0.25, 0.3) is 0 Å². The number of unbranched alkanes of at least 4 members (excludes halogenated alkanes) is 2. The third-order valence-electron chi connectivity index (χ3n) is 9.56. The maximum absolute atomic E-state index is 14.1. The van der Waals surface area contributed by atoms with Gasteiger partial charge in [-0.25, -0.2) is 0 Å². The van der Waals surface area contributed by atoms with E-state index in [0.717, 1.165) is 29.3 Å². The number of hydrogen-bond acceptors (Lipinski definition) is 7. The summed E-state index contributed by atoms with van der Waals surface area (Å²) >= 11 is 0. The average molecular weight is 642 g/mol. The standard InChI is InChI=1S/C34H51N5O7/c1-5-21(2)30-34(45)38-18-12-11-16-28(38)33(44)35-25(14-7-6-8-17-29(41)22(3)40)31(42)36-26(32(43)37-30)19-23-20-39(46-4)27-15-10-9-13-24(23)27/h9-10,13,15,20-22,25-26,28-30,40-41H,5-8,11-12,14,16-19H2,1-4H3,(H,35,44)(H,36,42)(H,37,43)/t21?,22?,25-,26-,28-,29?,30-/m1/s1. The smallest absolute Gasteiger partial charge is 0.246 e. The van der Waals surface area contributed by atoms with Crippen LogP contribution in [0.4, 0.5) is 0 Å². The van der Waals surface area contributed by atoms with Gasteiger partial charge in [-0.15, -0.1) is 0 Å². The highest BCUT2D eigenvalue weighted by molar-refractivity contribution is 5.98. The van der Waals surface area contributed by atoms with Gasteiger partial charge in [-0.05, 0) is 56.6 Å². The molecule has 2 aromatic rings. The topological polar surface area (TPSA) is 162 Å². The molecule has 2 fully saturated rings. The van der Waals surface area contributed by atoms with Gasteiger partial charge in [0.2, 0.25) is 23.6 Å². The zero-order chi connectivity index (χ0) is 33.4. The second kappa shape index (κ2) is 16.3. The zero-order valence-corrected chi connectivity index (χ0v) is 27.5. The Labute approximate surface area is 271 Å². The Kier molecular flexibility index (Phi) is 12.5. The van der Waals surface area contributed by atoms with Crippen LogP contribution in [0.5, 0.6) is 0 Å². The summed E-state index contributed by atoms with van der Waals surface area (Å²) in [5.74, 6) is -1.78. The second-order valence-corrected chi connectivity index (χ2v) is 12.9. The van der Waals surface area contributed by atoms with E-state index in [2.05, 4.69) is 16.0 Å². The lowest BCUT2D eigenvalue weighted by Gasteiger charge is -2.39. The van der Waals surface area contributed by atoms with E-state index in [1.54, 1.807) is 29.9 Å². The van der Waals surface area contributed by atoms with Crippen molar-refractivity contribution < 1.29 is 34.2 Å². The Morgan fingerprint density at radius 3 is 2.37 bits per heavy atom. The molecular weight excluding hydrogens is 590 g/mol. The molecule has 2 saturated heterocycles. The number of amides is 4. The first-order valence-electron chi connectivity index (χ1n) is 16.8. The highest BCUT2D eigenvalue weighted by Gasteiger charge is 2.41. The summed E-state index contributed by atoms with van der Waals surface area (Å²) in [5.41, 5.74) is 1.60. The van der Waals surface area contributed by atoms with Crippen molar-refractivity contribution in [3.63, 3.8) is 0 Å². The van der Waals surface area contributed by atoms with E-state index in [-0.39, 0.29) is 24.2 Å². The van der Waals surface area contributed by atoms with Crippen molar-refractivity contribution in [2.24, 2.45) is 5.92 Å². The minimum Gasteiger partial charge on any atom is -0.417 e. The molecule has 0 spiro atoms. The van der Waals surface area contributed by atoms with E-state index < -0.39 is 48.2 Å². The van der Waals surface area contributed by atoms with Crippen LogP contribution < -0.4 is 20.8 Å². The molecule has 12 nitrogen and oxygen atoms in total. The summed E-state index contributed by atoms with van der Waals surface area (Å²) in [5, 5.41) is 29.2. The van der Waals surface area contributed by atoms with Gasteiger partial charge in [-0.2, -0.15) is 4.73 Å². The van der Waals surface area contributed by atoms with E-state index in [4.69, 9.17) is 4.84 Å². The zero-order valence-electron chi connectivity index (χ0n) is 27.5. The molecule has 2 aliphatic rings. The van der Waals surface area contributed by atoms with Crippen LogP contribution in [0.1, 0.15) is 84.1 Å². The van der Waals surface area contributed by atoms with Gasteiger partial charge >= 0.3 is 0 Å². The van der Waals surface area contributed by atoms with Crippen molar-refractivity contribution in [3.05, 3.63) is 36.0 Å². The van der Waals surface area contributed by atoms with Crippen molar-refractivity contribution in [2.45, 2.75) is 121 Å². The fraction of sp³-hybridized carbons (Fsp3) is 0.647. The number of carbonyl (C=O) groups excluding carboxylic acids is 4. The molecule has 0 saturated carbocycles. The van der Waals surface area contributed by atoms with Crippen LogP contribution in [-0.2, 0) is 25.6 Å². The van der Waals surface area contributed by atoms with Crippen LogP contribution >= 0.6 is 0 Å². The molecule has 254 valence electrons. The number of para-hydroxylation sites is 1. The first-order valence-corrected chi connectivity index (χ1v) is 16.8. The lowest BCUT2D eigenvalue weighted by molar-refractivity contribution is -0.147. The predicted molar refractivity (Wildman–Crippen MR) is 174 cm³/mol. The summed E-state index contributed by atoms with van der Waals surface area (Å²) in [6, 6.07) is 4.09. The van der Waals surface area contributed by atoms with Gasteiger partial charge in [0.1, 0.15) is 31.3 Å². The number of rotatable bonds is 12. The van der Waals surface area contributed by atoms with Crippen LogP contribution in [0, 0.1) is 5.92 Å². The Balaban J connectivity index is 1.65. The fourth-order valence-corrected chi connectivity index (χ4v) is 6.47. The van der Waals surface area contributed by atoms with E-state index in [1.807, 2.05) is 38.1 Å². The summed E-state index contributed by atoms with van der Waals surface area (Å²) < 4.78 is 1.61. The molecule has 1 aromatic heterocycles. The van der Waals surface area contributed by atoms with Crippen molar-refractivity contribution in [1.82, 2.24) is 25.6 Å². The molecule has 4 amide bonds. The summed E-state index contributed by atoms with van der Waals surface area (Å²) in [6.45, 7) is 5.81. The minimum absolute atomic E-state index is 0.139. The summed E-state index contributed by atoms with van der Waals surface area (Å²) in [7, 11) is 1.55. The van der Waals surface area contributed by atoms with Gasteiger partial charge in [-0.1, -0.05) is 57.7 Å². The van der Waals surface area contributed by atoms with Gasteiger partial charge in [0.05, 0.1) is 17.7 Å². The molecule has 0 aliphatic carbocycles. The maximum Gasteiger partial charge on any atom is 0.246 e. The maximum atomic E-state index is 14.1. The van der Waals surface area contributed by atoms with Crippen LogP contribution in [0.2, 0.25) is 0 Å².